The first-order valence-corrected chi connectivity index (χ1v) is 6.19. The monoisotopic (exact) mass is 251 g/mol. The first kappa shape index (κ1) is 14.5. The average molecular weight is 251 g/mol. The molecule has 0 saturated heterocycles. The number of methoxy groups -OCH3 is 1. The van der Waals surface area contributed by atoms with Crippen molar-refractivity contribution in [3.05, 3.63) is 29.3 Å². The van der Waals surface area contributed by atoms with Crippen LogP contribution < -0.4 is 10.1 Å². The number of aliphatic hydroxyl groups is 1. The molecule has 2 N–H and O–H groups in total. The van der Waals surface area contributed by atoms with E-state index in [2.05, 4.69) is 5.32 Å². The molecule has 1 aromatic rings. The normalized spacial score (nSPS) is 12.0. The maximum atomic E-state index is 11.8. The number of carbonyl (C=O) groups is 1. The molecule has 0 aliphatic rings. The number of hydrogen-bond donors (Lipinski definition) is 2. The molecule has 1 atom stereocenters. The predicted molar refractivity (Wildman–Crippen MR) is 71.0 cm³/mol. The number of benzene rings is 1. The zero-order chi connectivity index (χ0) is 13.5. The average Bonchev–Trinajstić information content (AvgIpc) is 2.38. The van der Waals surface area contributed by atoms with E-state index in [0.29, 0.717) is 30.7 Å². The van der Waals surface area contributed by atoms with E-state index in [4.69, 9.17) is 4.74 Å². The summed E-state index contributed by atoms with van der Waals surface area (Å²) in [5, 5.41) is 12.2. The van der Waals surface area contributed by atoms with Gasteiger partial charge in [0.15, 0.2) is 0 Å². The molecule has 0 saturated carbocycles. The first-order valence-electron chi connectivity index (χ1n) is 6.19. The number of ether oxygens (including phenoxy) is 1. The zero-order valence-electron chi connectivity index (χ0n) is 11.2. The van der Waals surface area contributed by atoms with Crippen molar-refractivity contribution in [1.82, 2.24) is 5.32 Å². The number of amides is 1. The highest BCUT2D eigenvalue weighted by molar-refractivity contribution is 5.94. The lowest BCUT2D eigenvalue weighted by Crippen LogP contribution is -2.27. The van der Waals surface area contributed by atoms with Gasteiger partial charge in [0.2, 0.25) is 0 Å². The van der Waals surface area contributed by atoms with Gasteiger partial charge in [-0.15, -0.1) is 0 Å². The summed E-state index contributed by atoms with van der Waals surface area (Å²) in [7, 11) is 1.58. The van der Waals surface area contributed by atoms with Crippen LogP contribution in [0.15, 0.2) is 18.2 Å². The Bertz CT molecular complexity index is 404. The molecule has 0 spiro atoms. The molecule has 1 unspecified atom stereocenters. The van der Waals surface area contributed by atoms with Crippen molar-refractivity contribution in [3.63, 3.8) is 0 Å². The maximum absolute atomic E-state index is 11.8. The molecule has 1 amide bonds. The van der Waals surface area contributed by atoms with Crippen molar-refractivity contribution in [2.75, 3.05) is 13.7 Å². The van der Waals surface area contributed by atoms with Crippen molar-refractivity contribution < 1.29 is 14.6 Å². The standard InChI is InChI=1S/C14H21NO3/c1-4-12(16)7-8-15-14(17)11-6-5-10(2)13(9-11)18-3/h5-6,9,12,16H,4,7-8H2,1-3H3,(H,15,17). The highest BCUT2D eigenvalue weighted by atomic mass is 16.5. The summed E-state index contributed by atoms with van der Waals surface area (Å²) in [6.07, 6.45) is 0.928. The third-order valence-corrected chi connectivity index (χ3v) is 2.90. The molecule has 0 aliphatic carbocycles. The Morgan fingerprint density at radius 1 is 1.50 bits per heavy atom. The minimum atomic E-state index is -0.349. The molecular weight excluding hydrogens is 230 g/mol. The summed E-state index contributed by atoms with van der Waals surface area (Å²) in [4.78, 5) is 11.8. The molecule has 0 fully saturated rings. The first-order chi connectivity index (χ1) is 8.58. The quantitative estimate of drug-likeness (QED) is 0.811. The van der Waals surface area contributed by atoms with Crippen LogP contribution in [0.1, 0.15) is 35.7 Å². The van der Waals surface area contributed by atoms with Gasteiger partial charge in [0, 0.05) is 12.1 Å². The Morgan fingerprint density at radius 2 is 2.22 bits per heavy atom. The number of aliphatic hydroxyl groups excluding tert-OH is 1. The van der Waals surface area contributed by atoms with Crippen LogP contribution in [0.25, 0.3) is 0 Å². The minimum absolute atomic E-state index is 0.142. The lowest BCUT2D eigenvalue weighted by Gasteiger charge is -2.10. The number of rotatable bonds is 6. The summed E-state index contributed by atoms with van der Waals surface area (Å²) >= 11 is 0. The zero-order valence-corrected chi connectivity index (χ0v) is 11.2. The summed E-state index contributed by atoms with van der Waals surface area (Å²) in [6.45, 7) is 4.32. The van der Waals surface area contributed by atoms with Crippen molar-refractivity contribution in [3.8, 4) is 5.75 Å². The molecule has 4 heteroatoms. The van der Waals surface area contributed by atoms with E-state index in [1.165, 1.54) is 0 Å². The van der Waals surface area contributed by atoms with Gasteiger partial charge in [-0.2, -0.15) is 0 Å². The largest absolute Gasteiger partial charge is 0.496 e. The second-order valence-corrected chi connectivity index (χ2v) is 4.29. The molecule has 100 valence electrons. The minimum Gasteiger partial charge on any atom is -0.496 e. The Kier molecular flexibility index (Phi) is 5.65. The number of aryl methyl sites for hydroxylation is 1. The third kappa shape index (κ3) is 4.04. The summed E-state index contributed by atoms with van der Waals surface area (Å²) in [6, 6.07) is 5.35. The molecule has 18 heavy (non-hydrogen) atoms. The van der Waals surface area contributed by atoms with Gasteiger partial charge in [0.25, 0.3) is 5.91 Å². The van der Waals surface area contributed by atoms with Gasteiger partial charge in [0.1, 0.15) is 5.75 Å². The van der Waals surface area contributed by atoms with Crippen LogP contribution in [-0.4, -0.2) is 30.8 Å². The molecule has 0 heterocycles. The fraction of sp³-hybridized carbons (Fsp3) is 0.500. The van der Waals surface area contributed by atoms with E-state index >= 15 is 0 Å². The van der Waals surface area contributed by atoms with Crippen LogP contribution in [0.3, 0.4) is 0 Å². The second-order valence-electron chi connectivity index (χ2n) is 4.29. The number of nitrogens with one attached hydrogen (secondary N) is 1. The fourth-order valence-corrected chi connectivity index (χ4v) is 1.62. The van der Waals surface area contributed by atoms with Crippen LogP contribution in [0.5, 0.6) is 5.75 Å². The van der Waals surface area contributed by atoms with Crippen LogP contribution in [0.2, 0.25) is 0 Å². The number of carbonyl (C=O) groups excluding carboxylic acids is 1. The van der Waals surface area contributed by atoms with Gasteiger partial charge in [-0.1, -0.05) is 13.0 Å². The van der Waals surface area contributed by atoms with Crippen molar-refractivity contribution in [2.45, 2.75) is 32.8 Å². The van der Waals surface area contributed by atoms with E-state index in [-0.39, 0.29) is 12.0 Å². The lowest BCUT2D eigenvalue weighted by molar-refractivity contribution is 0.0941. The summed E-state index contributed by atoms with van der Waals surface area (Å²) < 4.78 is 5.18. The van der Waals surface area contributed by atoms with Crippen molar-refractivity contribution >= 4 is 5.91 Å². The molecule has 1 aromatic carbocycles. The van der Waals surface area contributed by atoms with Crippen LogP contribution >= 0.6 is 0 Å². The molecular formula is C14H21NO3. The van der Waals surface area contributed by atoms with Gasteiger partial charge in [-0.3, -0.25) is 4.79 Å². The van der Waals surface area contributed by atoms with Crippen molar-refractivity contribution in [1.29, 1.82) is 0 Å². The van der Waals surface area contributed by atoms with Crippen LogP contribution in [0, 0.1) is 6.92 Å². The lowest BCUT2D eigenvalue weighted by atomic mass is 10.1. The van der Waals surface area contributed by atoms with Crippen molar-refractivity contribution in [2.24, 2.45) is 0 Å². The Labute approximate surface area is 108 Å². The van der Waals surface area contributed by atoms with Gasteiger partial charge < -0.3 is 15.2 Å². The maximum Gasteiger partial charge on any atom is 0.251 e. The Hall–Kier alpha value is -1.55. The molecule has 0 aromatic heterocycles. The van der Waals surface area contributed by atoms with E-state index in [0.717, 1.165) is 5.56 Å². The van der Waals surface area contributed by atoms with Gasteiger partial charge in [0.05, 0.1) is 13.2 Å². The second kappa shape index (κ2) is 7.01. The van der Waals surface area contributed by atoms with Gasteiger partial charge >= 0.3 is 0 Å². The van der Waals surface area contributed by atoms with Gasteiger partial charge in [-0.05, 0) is 37.5 Å². The van der Waals surface area contributed by atoms with E-state index in [1.54, 1.807) is 19.2 Å². The van der Waals surface area contributed by atoms with Crippen LogP contribution in [-0.2, 0) is 0 Å². The van der Waals surface area contributed by atoms with E-state index < -0.39 is 0 Å². The highest BCUT2D eigenvalue weighted by Gasteiger charge is 2.08. The molecule has 0 radical (unpaired) electrons. The van der Waals surface area contributed by atoms with E-state index in [1.807, 2.05) is 19.9 Å². The SMILES string of the molecule is CCC(O)CCNC(=O)c1ccc(C)c(OC)c1. The smallest absolute Gasteiger partial charge is 0.251 e. The van der Waals surface area contributed by atoms with Crippen LogP contribution in [0.4, 0.5) is 0 Å². The third-order valence-electron chi connectivity index (χ3n) is 2.90. The summed E-state index contributed by atoms with van der Waals surface area (Å²) in [5.74, 6) is 0.563. The highest BCUT2D eigenvalue weighted by Crippen LogP contribution is 2.18. The predicted octanol–water partition coefficient (Wildman–Crippen LogP) is 1.89. The Balaban J connectivity index is 2.56. The molecule has 1 rings (SSSR count). The molecule has 0 bridgehead atoms. The Morgan fingerprint density at radius 3 is 2.83 bits per heavy atom. The summed E-state index contributed by atoms with van der Waals surface area (Å²) in [5.41, 5.74) is 1.57. The topological polar surface area (TPSA) is 58.6 Å². The van der Waals surface area contributed by atoms with E-state index in [9.17, 15) is 9.90 Å². The van der Waals surface area contributed by atoms with Gasteiger partial charge in [-0.25, -0.2) is 0 Å². The molecule has 4 nitrogen and oxygen atoms in total. The molecule has 0 aliphatic heterocycles. The number of hydrogen-bond acceptors (Lipinski definition) is 3. The fourth-order valence-electron chi connectivity index (χ4n) is 1.62.